The predicted octanol–water partition coefficient (Wildman–Crippen LogP) is 1.69. The van der Waals surface area contributed by atoms with Gasteiger partial charge in [-0.05, 0) is 32.3 Å². The average Bonchev–Trinajstić information content (AvgIpc) is 3.30. The number of methoxy groups -OCH3 is 1. The van der Waals surface area contributed by atoms with Gasteiger partial charge in [-0.3, -0.25) is 13.9 Å². The summed E-state index contributed by atoms with van der Waals surface area (Å²) in [7, 11) is 1.56. The lowest BCUT2D eigenvalue weighted by Crippen LogP contribution is -2.39. The number of esters is 1. The molecular weight excluding hydrogens is 332 g/mol. The SMILES string of the molecule is CCOC(=O)c1sc2c(c1C)c(=O)n(C1CC1)c(=O)n2CCOC. The Morgan fingerprint density at radius 3 is 2.62 bits per heavy atom. The Balaban J connectivity index is 2.30. The highest BCUT2D eigenvalue weighted by molar-refractivity contribution is 7.20. The van der Waals surface area contributed by atoms with Crippen LogP contribution in [0.25, 0.3) is 10.2 Å². The second-order valence-corrected chi connectivity index (χ2v) is 6.79. The lowest BCUT2D eigenvalue weighted by atomic mass is 10.2. The van der Waals surface area contributed by atoms with E-state index in [2.05, 4.69) is 0 Å². The first kappa shape index (κ1) is 16.9. The van der Waals surface area contributed by atoms with Crippen LogP contribution in [0.2, 0.25) is 0 Å². The molecule has 0 N–H and O–H groups in total. The van der Waals surface area contributed by atoms with Crippen molar-refractivity contribution < 1.29 is 14.3 Å². The van der Waals surface area contributed by atoms with Crippen LogP contribution in [-0.4, -0.2) is 35.4 Å². The van der Waals surface area contributed by atoms with Crippen molar-refractivity contribution in [2.24, 2.45) is 0 Å². The molecular formula is C16H20N2O5S. The number of thiophene rings is 1. The van der Waals surface area contributed by atoms with Crippen LogP contribution in [0.4, 0.5) is 0 Å². The molecule has 1 aliphatic carbocycles. The molecule has 0 aliphatic heterocycles. The number of rotatable bonds is 6. The van der Waals surface area contributed by atoms with Crippen LogP contribution in [0.15, 0.2) is 9.59 Å². The first-order valence-electron chi connectivity index (χ1n) is 7.95. The third kappa shape index (κ3) is 2.69. The van der Waals surface area contributed by atoms with E-state index in [0.717, 1.165) is 24.2 Å². The Morgan fingerprint density at radius 1 is 1.33 bits per heavy atom. The summed E-state index contributed by atoms with van der Waals surface area (Å²) in [6, 6.07) is -0.0338. The minimum Gasteiger partial charge on any atom is -0.462 e. The zero-order valence-corrected chi connectivity index (χ0v) is 14.8. The van der Waals surface area contributed by atoms with Crippen LogP contribution in [0.3, 0.4) is 0 Å². The summed E-state index contributed by atoms with van der Waals surface area (Å²) in [5.41, 5.74) is -0.0572. The summed E-state index contributed by atoms with van der Waals surface area (Å²) in [4.78, 5) is 38.7. The molecule has 3 rings (SSSR count). The van der Waals surface area contributed by atoms with Gasteiger partial charge in [0.1, 0.15) is 9.71 Å². The highest BCUT2D eigenvalue weighted by Gasteiger charge is 2.31. The Morgan fingerprint density at radius 2 is 2.04 bits per heavy atom. The van der Waals surface area contributed by atoms with Gasteiger partial charge in [0.2, 0.25) is 0 Å². The topological polar surface area (TPSA) is 79.5 Å². The maximum Gasteiger partial charge on any atom is 0.348 e. The summed E-state index contributed by atoms with van der Waals surface area (Å²) >= 11 is 1.14. The molecule has 1 saturated carbocycles. The Bertz CT molecular complexity index is 904. The molecule has 0 bridgehead atoms. The van der Waals surface area contributed by atoms with Crippen molar-refractivity contribution in [1.82, 2.24) is 9.13 Å². The van der Waals surface area contributed by atoms with E-state index in [-0.39, 0.29) is 23.9 Å². The number of carbonyl (C=O) groups is 1. The normalized spacial score (nSPS) is 14.3. The zero-order valence-electron chi connectivity index (χ0n) is 14.0. The molecule has 7 nitrogen and oxygen atoms in total. The lowest BCUT2D eigenvalue weighted by Gasteiger charge is -2.11. The van der Waals surface area contributed by atoms with Crippen molar-refractivity contribution in [3.8, 4) is 0 Å². The molecule has 1 fully saturated rings. The molecule has 130 valence electrons. The largest absolute Gasteiger partial charge is 0.462 e. The fourth-order valence-corrected chi connectivity index (χ4v) is 4.00. The van der Waals surface area contributed by atoms with Crippen LogP contribution >= 0.6 is 11.3 Å². The fourth-order valence-electron chi connectivity index (χ4n) is 2.79. The molecule has 2 aromatic heterocycles. The van der Waals surface area contributed by atoms with Gasteiger partial charge in [0.05, 0.1) is 25.1 Å². The summed E-state index contributed by atoms with van der Waals surface area (Å²) < 4.78 is 13.0. The van der Waals surface area contributed by atoms with Crippen molar-refractivity contribution in [3.63, 3.8) is 0 Å². The van der Waals surface area contributed by atoms with Crippen LogP contribution in [0.5, 0.6) is 0 Å². The third-order valence-electron chi connectivity index (χ3n) is 4.13. The number of aryl methyl sites for hydroxylation is 1. The number of aromatic nitrogens is 2. The molecule has 0 atom stereocenters. The van der Waals surface area contributed by atoms with E-state index in [4.69, 9.17) is 9.47 Å². The van der Waals surface area contributed by atoms with E-state index in [0.29, 0.717) is 33.8 Å². The summed E-state index contributed by atoms with van der Waals surface area (Å²) in [6.45, 7) is 4.41. The Kier molecular flexibility index (Phi) is 4.60. The van der Waals surface area contributed by atoms with Crippen LogP contribution in [0.1, 0.15) is 41.0 Å². The monoisotopic (exact) mass is 352 g/mol. The molecule has 2 heterocycles. The first-order valence-corrected chi connectivity index (χ1v) is 8.77. The molecule has 1 aliphatic rings. The summed E-state index contributed by atoms with van der Waals surface area (Å²) in [6.07, 6.45) is 1.66. The maximum absolute atomic E-state index is 12.8. The van der Waals surface area contributed by atoms with Crippen molar-refractivity contribution in [3.05, 3.63) is 31.3 Å². The van der Waals surface area contributed by atoms with Crippen molar-refractivity contribution in [2.45, 2.75) is 39.3 Å². The van der Waals surface area contributed by atoms with Crippen LogP contribution < -0.4 is 11.2 Å². The van der Waals surface area contributed by atoms with Gasteiger partial charge in [-0.2, -0.15) is 0 Å². The fraction of sp³-hybridized carbons (Fsp3) is 0.562. The number of hydrogen-bond acceptors (Lipinski definition) is 6. The van der Waals surface area contributed by atoms with Gasteiger partial charge in [0.15, 0.2) is 0 Å². The highest BCUT2D eigenvalue weighted by atomic mass is 32.1. The maximum atomic E-state index is 12.8. The van der Waals surface area contributed by atoms with E-state index >= 15 is 0 Å². The molecule has 0 radical (unpaired) electrons. The first-order chi connectivity index (χ1) is 11.5. The van der Waals surface area contributed by atoms with Crippen molar-refractivity contribution >= 4 is 27.5 Å². The minimum absolute atomic E-state index is 0.0338. The molecule has 24 heavy (non-hydrogen) atoms. The van der Waals surface area contributed by atoms with Crippen molar-refractivity contribution in [2.75, 3.05) is 20.3 Å². The number of ether oxygens (including phenoxy) is 2. The molecule has 0 spiro atoms. The van der Waals surface area contributed by atoms with Gasteiger partial charge < -0.3 is 9.47 Å². The lowest BCUT2D eigenvalue weighted by molar-refractivity contribution is 0.0531. The van der Waals surface area contributed by atoms with Gasteiger partial charge in [-0.1, -0.05) is 0 Å². The van der Waals surface area contributed by atoms with Gasteiger partial charge in [-0.15, -0.1) is 11.3 Å². The Hall–Kier alpha value is -1.93. The van der Waals surface area contributed by atoms with Crippen molar-refractivity contribution in [1.29, 1.82) is 0 Å². The number of carbonyl (C=O) groups excluding carboxylic acids is 1. The van der Waals surface area contributed by atoms with E-state index in [9.17, 15) is 14.4 Å². The standard InChI is InChI=1S/C16H20N2O5S/c1-4-23-15(20)12-9(2)11-13(19)18(10-5-6-10)16(21)17(7-8-22-3)14(11)24-12/h10H,4-8H2,1-3H3. The van der Waals surface area contributed by atoms with Gasteiger partial charge >= 0.3 is 11.7 Å². The molecule has 0 saturated heterocycles. The van der Waals surface area contributed by atoms with Gasteiger partial charge in [0.25, 0.3) is 5.56 Å². The van der Waals surface area contributed by atoms with E-state index < -0.39 is 5.97 Å². The van der Waals surface area contributed by atoms with E-state index in [1.165, 1.54) is 4.57 Å². The molecule has 0 aromatic carbocycles. The zero-order chi connectivity index (χ0) is 17.4. The quantitative estimate of drug-likeness (QED) is 0.739. The van der Waals surface area contributed by atoms with Crippen LogP contribution in [-0.2, 0) is 16.0 Å². The third-order valence-corrected chi connectivity index (χ3v) is 5.43. The number of hydrogen-bond donors (Lipinski definition) is 0. The summed E-state index contributed by atoms with van der Waals surface area (Å²) in [5, 5.41) is 0.436. The van der Waals surface area contributed by atoms with E-state index in [1.807, 2.05) is 0 Å². The Labute approximate surface area is 142 Å². The smallest absolute Gasteiger partial charge is 0.348 e. The van der Waals surface area contributed by atoms with Gasteiger partial charge in [-0.25, -0.2) is 9.59 Å². The molecule has 0 amide bonds. The number of fused-ring (bicyclic) bond motifs is 1. The molecule has 0 unspecified atom stereocenters. The second-order valence-electron chi connectivity index (χ2n) is 5.79. The average molecular weight is 352 g/mol. The summed E-state index contributed by atoms with van der Waals surface area (Å²) in [5.74, 6) is -0.459. The molecule has 2 aromatic rings. The molecule has 8 heteroatoms. The second kappa shape index (κ2) is 6.52. The van der Waals surface area contributed by atoms with Crippen LogP contribution in [0, 0.1) is 6.92 Å². The highest BCUT2D eigenvalue weighted by Crippen LogP contribution is 2.34. The van der Waals surface area contributed by atoms with Gasteiger partial charge in [0, 0.05) is 13.2 Å². The minimum atomic E-state index is -0.459. The van der Waals surface area contributed by atoms with E-state index in [1.54, 1.807) is 25.5 Å². The predicted molar refractivity (Wildman–Crippen MR) is 91.2 cm³/mol. The number of nitrogens with zero attached hydrogens (tertiary/aromatic N) is 2.